The summed E-state index contributed by atoms with van der Waals surface area (Å²) in [6.45, 7) is 8.04. The molecule has 6 aliphatic rings. The van der Waals surface area contributed by atoms with E-state index in [1.807, 2.05) is 0 Å². The molecule has 0 spiro atoms. The van der Waals surface area contributed by atoms with E-state index in [1.165, 1.54) is 19.1 Å². The molecule has 0 aromatic heterocycles. The number of hydrogen-bond donors (Lipinski definition) is 2. The molecule has 0 heterocycles. The fraction of sp³-hybridized carbons (Fsp3) is 0.818. The zero-order valence-corrected chi connectivity index (χ0v) is 25.9. The van der Waals surface area contributed by atoms with Gasteiger partial charge < -0.3 is 24.4 Å². The summed E-state index contributed by atoms with van der Waals surface area (Å²) in [7, 11) is 0. The van der Waals surface area contributed by atoms with E-state index in [2.05, 4.69) is 20.8 Å². The molecular formula is C33H45F3O7. The van der Waals surface area contributed by atoms with Gasteiger partial charge >= 0.3 is 5.97 Å². The number of fused-ring (bicyclic) bond motifs is 7. The van der Waals surface area contributed by atoms with Gasteiger partial charge in [0.2, 0.25) is 6.86 Å². The minimum atomic E-state index is -2.36. The summed E-state index contributed by atoms with van der Waals surface area (Å²) in [5, 5.41) is 23.0. The number of carbonyl (C=O) groups excluding carboxylic acids is 2. The number of aliphatic hydroxyl groups excluding tert-OH is 2. The average molecular weight is 611 g/mol. The van der Waals surface area contributed by atoms with Crippen molar-refractivity contribution in [3.05, 3.63) is 23.8 Å². The first-order valence-corrected chi connectivity index (χ1v) is 15.6. The summed E-state index contributed by atoms with van der Waals surface area (Å²) < 4.78 is 64.3. The minimum Gasteiger partial charge on any atom is -0.432 e. The molecule has 13 atom stereocenters. The number of ether oxygens (including phenoxy) is 3. The number of hydrogen-bond acceptors (Lipinski definition) is 7. The van der Waals surface area contributed by atoms with E-state index in [1.54, 1.807) is 13.8 Å². The Hall–Kier alpha value is -1.75. The normalized spacial score (nSPS) is 51.8. The van der Waals surface area contributed by atoms with Gasteiger partial charge in [-0.3, -0.25) is 4.79 Å². The van der Waals surface area contributed by atoms with E-state index in [-0.39, 0.29) is 41.8 Å². The highest BCUT2D eigenvalue weighted by Crippen LogP contribution is 2.72. The van der Waals surface area contributed by atoms with Crippen molar-refractivity contribution in [1.82, 2.24) is 0 Å². The van der Waals surface area contributed by atoms with E-state index in [0.29, 0.717) is 5.92 Å². The van der Waals surface area contributed by atoms with Gasteiger partial charge in [0, 0.05) is 16.7 Å². The van der Waals surface area contributed by atoms with Crippen LogP contribution in [-0.2, 0) is 23.8 Å². The first kappa shape index (κ1) is 31.2. The summed E-state index contributed by atoms with van der Waals surface area (Å²) in [5.74, 6) is -3.63. The quantitative estimate of drug-likeness (QED) is 0.312. The number of rotatable bonds is 6. The fourth-order valence-electron chi connectivity index (χ4n) is 11.1. The Labute approximate surface area is 251 Å². The Bertz CT molecular complexity index is 1270. The second-order valence-electron chi connectivity index (χ2n) is 15.4. The largest absolute Gasteiger partial charge is 0.432 e. The average Bonchev–Trinajstić information content (AvgIpc) is 3.36. The second-order valence-corrected chi connectivity index (χ2v) is 15.4. The van der Waals surface area contributed by atoms with Crippen LogP contribution in [0.25, 0.3) is 0 Å². The van der Waals surface area contributed by atoms with Crippen molar-refractivity contribution in [2.45, 2.75) is 116 Å². The highest BCUT2D eigenvalue weighted by atomic mass is 19.1. The summed E-state index contributed by atoms with van der Waals surface area (Å²) in [4.78, 5) is 25.9. The predicted octanol–water partition coefficient (Wildman–Crippen LogP) is 5.28. The van der Waals surface area contributed by atoms with Gasteiger partial charge in [0.25, 0.3) is 6.48 Å². The van der Waals surface area contributed by atoms with Crippen LogP contribution < -0.4 is 0 Å². The van der Waals surface area contributed by atoms with E-state index < -0.39 is 77.2 Å². The van der Waals surface area contributed by atoms with Crippen LogP contribution in [0.15, 0.2) is 23.8 Å². The lowest BCUT2D eigenvalue weighted by molar-refractivity contribution is -0.355. The molecule has 2 N–H and O–H groups in total. The smallest absolute Gasteiger partial charge is 0.341 e. The van der Waals surface area contributed by atoms with Crippen molar-refractivity contribution in [1.29, 1.82) is 0 Å². The standard InChI is InChI=1S/C33H45F3O7/c1-17-11-20-21-14-23(35)22-13-19(37)8-10-29(22,4)32(21,36)24(38)15-31(20,6)33(17,26(39)41-16-34)43-27(40)42-25-12-18-7-9-30(25,5)28(18,2)3/h8,10,13,17-18,20-21,23-25,27,38,40H,7,9,11-12,14-16H2,1-6H3/t17-,18+,20+,21+,23+,24+,25+,27?,29+,30-,31+,32+,33?/m1/s1. The lowest BCUT2D eigenvalue weighted by Gasteiger charge is -2.63. The van der Waals surface area contributed by atoms with E-state index in [4.69, 9.17) is 14.2 Å². The third-order valence-corrected chi connectivity index (χ3v) is 13.9. The Balaban J connectivity index is 1.37. The lowest BCUT2D eigenvalue weighted by Crippen LogP contribution is -2.71. The summed E-state index contributed by atoms with van der Waals surface area (Å²) in [6.07, 6.45) is 2.22. The highest BCUT2D eigenvalue weighted by Gasteiger charge is 2.78. The van der Waals surface area contributed by atoms with Gasteiger partial charge in [0.1, 0.15) is 6.17 Å². The van der Waals surface area contributed by atoms with Crippen LogP contribution >= 0.6 is 0 Å². The molecule has 6 rings (SSSR count). The molecule has 2 unspecified atom stereocenters. The summed E-state index contributed by atoms with van der Waals surface area (Å²) in [5.41, 5.74) is -7.61. The Kier molecular flexibility index (Phi) is 7.00. The molecule has 6 aliphatic carbocycles. The van der Waals surface area contributed by atoms with Crippen LogP contribution in [0.2, 0.25) is 0 Å². The first-order chi connectivity index (χ1) is 19.9. The maximum Gasteiger partial charge on any atom is 0.341 e. The van der Waals surface area contributed by atoms with Crippen LogP contribution in [0.3, 0.4) is 0 Å². The van der Waals surface area contributed by atoms with Crippen LogP contribution in [-0.4, -0.2) is 65.0 Å². The van der Waals surface area contributed by atoms with Crippen molar-refractivity contribution in [2.24, 2.45) is 45.3 Å². The molecule has 5 fully saturated rings. The molecule has 5 saturated carbocycles. The Morgan fingerprint density at radius 1 is 1.12 bits per heavy atom. The van der Waals surface area contributed by atoms with Crippen molar-refractivity contribution in [3.8, 4) is 0 Å². The third kappa shape index (κ3) is 3.69. The molecule has 240 valence electrons. The van der Waals surface area contributed by atoms with E-state index in [9.17, 15) is 24.2 Å². The molecule has 0 aromatic rings. The molecule has 0 aliphatic heterocycles. The molecule has 0 amide bonds. The van der Waals surface area contributed by atoms with Gasteiger partial charge in [0.05, 0.1) is 12.2 Å². The SMILES string of the molecule is C[C@@H]1C[C@H]2[C@@H]3C[C@H](F)C4=CC(=O)C=C[C@]4(C)[C@@]3(F)[C@@H](O)C[C@]2(C)C1(OC(O)O[C@H]1C[C@@H]2CC[C@@]1(C)C2(C)C)C(=O)OCF. The molecule has 7 nitrogen and oxygen atoms in total. The molecule has 0 aromatic carbocycles. The third-order valence-electron chi connectivity index (χ3n) is 13.9. The van der Waals surface area contributed by atoms with Crippen LogP contribution in [0.1, 0.15) is 80.1 Å². The van der Waals surface area contributed by atoms with Crippen molar-refractivity contribution >= 4 is 11.8 Å². The number of halogens is 3. The van der Waals surface area contributed by atoms with Crippen LogP contribution in [0, 0.1) is 45.3 Å². The first-order valence-electron chi connectivity index (χ1n) is 15.6. The number of esters is 1. The van der Waals surface area contributed by atoms with Crippen molar-refractivity contribution < 1.29 is 47.2 Å². The fourth-order valence-corrected chi connectivity index (χ4v) is 11.1. The monoisotopic (exact) mass is 610 g/mol. The van der Waals surface area contributed by atoms with Gasteiger partial charge in [-0.25, -0.2) is 18.0 Å². The van der Waals surface area contributed by atoms with E-state index in [0.717, 1.165) is 25.3 Å². The zero-order valence-electron chi connectivity index (χ0n) is 25.9. The topological polar surface area (TPSA) is 102 Å². The van der Waals surface area contributed by atoms with Gasteiger partial charge in [-0.05, 0) is 91.8 Å². The minimum absolute atomic E-state index is 0.00194. The molecule has 2 bridgehead atoms. The number of carbonyl (C=O) groups is 2. The Morgan fingerprint density at radius 3 is 2.42 bits per heavy atom. The lowest BCUT2D eigenvalue weighted by atomic mass is 9.44. The molecule has 43 heavy (non-hydrogen) atoms. The van der Waals surface area contributed by atoms with Gasteiger partial charge in [-0.2, -0.15) is 0 Å². The predicted molar refractivity (Wildman–Crippen MR) is 149 cm³/mol. The Morgan fingerprint density at radius 2 is 1.81 bits per heavy atom. The summed E-state index contributed by atoms with van der Waals surface area (Å²) in [6, 6.07) is 0. The van der Waals surface area contributed by atoms with E-state index >= 15 is 8.78 Å². The van der Waals surface area contributed by atoms with Crippen LogP contribution in [0.5, 0.6) is 0 Å². The maximum absolute atomic E-state index is 17.6. The van der Waals surface area contributed by atoms with Gasteiger partial charge in [0.15, 0.2) is 17.1 Å². The maximum atomic E-state index is 17.6. The molecule has 0 radical (unpaired) electrons. The van der Waals surface area contributed by atoms with Crippen molar-refractivity contribution in [2.75, 3.05) is 6.86 Å². The number of ketones is 1. The van der Waals surface area contributed by atoms with Gasteiger partial charge in [-0.1, -0.05) is 40.7 Å². The zero-order chi connectivity index (χ0) is 31.5. The second kappa shape index (κ2) is 9.63. The van der Waals surface area contributed by atoms with Crippen molar-refractivity contribution in [3.63, 3.8) is 0 Å². The number of aliphatic hydroxyl groups is 2. The molecular weight excluding hydrogens is 565 g/mol. The summed E-state index contributed by atoms with van der Waals surface area (Å²) >= 11 is 0. The van der Waals surface area contributed by atoms with Gasteiger partial charge in [-0.15, -0.1) is 0 Å². The van der Waals surface area contributed by atoms with Crippen LogP contribution in [0.4, 0.5) is 13.2 Å². The molecule has 10 heteroatoms. The number of allylic oxidation sites excluding steroid dienone is 4. The number of alkyl halides is 3. The molecule has 0 saturated heterocycles. The highest BCUT2D eigenvalue weighted by molar-refractivity contribution is 6.01.